The van der Waals surface area contributed by atoms with E-state index in [1.54, 1.807) is 0 Å². The molecular formula is C13H26N2O2. The Bertz CT molecular complexity index is 231. The van der Waals surface area contributed by atoms with E-state index in [0.29, 0.717) is 25.1 Å². The Balaban J connectivity index is 2.25. The molecule has 0 radical (unpaired) electrons. The number of carbonyl (C=O) groups excluding carboxylic acids is 1. The first-order chi connectivity index (χ1) is 8.11. The van der Waals surface area contributed by atoms with Gasteiger partial charge in [0.2, 0.25) is 0 Å². The lowest BCUT2D eigenvalue weighted by Gasteiger charge is -2.32. The van der Waals surface area contributed by atoms with E-state index in [2.05, 4.69) is 24.1 Å². The van der Waals surface area contributed by atoms with Gasteiger partial charge in [-0.25, -0.2) is 0 Å². The minimum absolute atomic E-state index is 0.1000. The molecule has 0 saturated carbocycles. The predicted octanol–water partition coefficient (Wildman–Crippen LogP) is 1.26. The minimum atomic E-state index is -0.1000. The third kappa shape index (κ3) is 6.03. The first-order valence-corrected chi connectivity index (χ1v) is 6.73. The monoisotopic (exact) mass is 242 g/mol. The summed E-state index contributed by atoms with van der Waals surface area (Å²) in [5, 5.41) is 3.56. The van der Waals surface area contributed by atoms with Crippen LogP contribution < -0.4 is 5.32 Å². The highest BCUT2D eigenvalue weighted by Crippen LogP contribution is 2.10. The molecule has 0 amide bonds. The topological polar surface area (TPSA) is 41.6 Å². The second kappa shape index (κ2) is 7.67. The average molecular weight is 242 g/mol. The van der Waals surface area contributed by atoms with Gasteiger partial charge in [0.25, 0.3) is 0 Å². The molecule has 0 aliphatic carbocycles. The van der Waals surface area contributed by atoms with Crippen molar-refractivity contribution in [3.05, 3.63) is 0 Å². The molecule has 4 heteroatoms. The van der Waals surface area contributed by atoms with E-state index >= 15 is 0 Å². The van der Waals surface area contributed by atoms with Gasteiger partial charge in [-0.15, -0.1) is 0 Å². The Kier molecular flexibility index (Phi) is 6.52. The molecule has 1 saturated heterocycles. The van der Waals surface area contributed by atoms with Gasteiger partial charge in [-0.3, -0.25) is 9.69 Å². The molecule has 0 aromatic heterocycles. The Morgan fingerprint density at radius 3 is 2.94 bits per heavy atom. The van der Waals surface area contributed by atoms with Crippen LogP contribution in [0.15, 0.2) is 0 Å². The number of hydrogen-bond donors (Lipinski definition) is 1. The maximum absolute atomic E-state index is 11.4. The number of nitrogens with zero attached hydrogens (tertiary/aromatic N) is 1. The van der Waals surface area contributed by atoms with Crippen LogP contribution in [0.25, 0.3) is 0 Å². The first kappa shape index (κ1) is 14.5. The van der Waals surface area contributed by atoms with Gasteiger partial charge in [-0.1, -0.05) is 13.8 Å². The van der Waals surface area contributed by atoms with Gasteiger partial charge in [0, 0.05) is 12.6 Å². The molecule has 1 N–H and O–H groups in total. The molecule has 0 bridgehead atoms. The van der Waals surface area contributed by atoms with Gasteiger partial charge in [0.1, 0.15) is 0 Å². The molecule has 0 aromatic carbocycles. The van der Waals surface area contributed by atoms with Crippen LogP contribution >= 0.6 is 0 Å². The van der Waals surface area contributed by atoms with Crippen LogP contribution in [-0.4, -0.2) is 49.7 Å². The fraction of sp³-hybridized carbons (Fsp3) is 0.923. The summed E-state index contributed by atoms with van der Waals surface area (Å²) in [6.45, 7) is 10.2. The third-order valence-electron chi connectivity index (χ3n) is 2.98. The maximum atomic E-state index is 11.4. The number of rotatable bonds is 6. The van der Waals surface area contributed by atoms with Gasteiger partial charge in [-0.05, 0) is 38.8 Å². The van der Waals surface area contributed by atoms with Gasteiger partial charge in [0.05, 0.1) is 13.2 Å². The molecule has 17 heavy (non-hydrogen) atoms. The van der Waals surface area contributed by atoms with Crippen molar-refractivity contribution < 1.29 is 9.53 Å². The Hall–Kier alpha value is -0.610. The van der Waals surface area contributed by atoms with Crippen molar-refractivity contribution >= 4 is 5.97 Å². The van der Waals surface area contributed by atoms with E-state index in [1.165, 1.54) is 6.42 Å². The third-order valence-corrected chi connectivity index (χ3v) is 2.98. The van der Waals surface area contributed by atoms with E-state index in [1.807, 2.05) is 6.92 Å². The number of hydrogen-bond acceptors (Lipinski definition) is 4. The number of carbonyl (C=O) groups is 1. The number of piperidine rings is 1. The Labute approximate surface area is 105 Å². The number of esters is 1. The minimum Gasteiger partial charge on any atom is -0.465 e. The molecule has 4 nitrogen and oxygen atoms in total. The molecule has 1 fully saturated rings. The highest BCUT2D eigenvalue weighted by atomic mass is 16.5. The normalized spacial score (nSPS) is 21.8. The van der Waals surface area contributed by atoms with Crippen LogP contribution in [0.5, 0.6) is 0 Å². The van der Waals surface area contributed by atoms with E-state index in [9.17, 15) is 4.79 Å². The summed E-state index contributed by atoms with van der Waals surface area (Å²) in [5.74, 6) is 0.576. The van der Waals surface area contributed by atoms with E-state index < -0.39 is 0 Å². The average Bonchev–Trinajstić information content (AvgIpc) is 2.27. The molecule has 1 heterocycles. The fourth-order valence-electron chi connectivity index (χ4n) is 2.16. The zero-order chi connectivity index (χ0) is 12.7. The Morgan fingerprint density at radius 1 is 1.53 bits per heavy atom. The fourth-order valence-corrected chi connectivity index (χ4v) is 2.16. The molecule has 100 valence electrons. The molecular weight excluding hydrogens is 216 g/mol. The number of likely N-dealkylation sites (tertiary alicyclic amines) is 1. The van der Waals surface area contributed by atoms with Gasteiger partial charge >= 0.3 is 5.97 Å². The Morgan fingerprint density at radius 2 is 2.29 bits per heavy atom. The second-order valence-corrected chi connectivity index (χ2v) is 5.18. The largest absolute Gasteiger partial charge is 0.465 e. The van der Waals surface area contributed by atoms with E-state index in [0.717, 1.165) is 26.1 Å². The number of nitrogens with one attached hydrogen (secondary N) is 1. The van der Waals surface area contributed by atoms with Crippen molar-refractivity contribution in [1.82, 2.24) is 10.2 Å². The van der Waals surface area contributed by atoms with Crippen LogP contribution in [0.3, 0.4) is 0 Å². The van der Waals surface area contributed by atoms with Gasteiger partial charge in [-0.2, -0.15) is 0 Å². The smallest absolute Gasteiger partial charge is 0.320 e. The number of ether oxygens (including phenoxy) is 1. The molecule has 1 aliphatic heterocycles. The highest BCUT2D eigenvalue weighted by Gasteiger charge is 2.21. The molecule has 1 aliphatic rings. The van der Waals surface area contributed by atoms with Crippen LogP contribution in [0.4, 0.5) is 0 Å². The predicted molar refractivity (Wildman–Crippen MR) is 68.9 cm³/mol. The van der Waals surface area contributed by atoms with E-state index in [-0.39, 0.29) is 5.97 Å². The van der Waals surface area contributed by atoms with Crippen molar-refractivity contribution in [2.45, 2.75) is 39.7 Å². The summed E-state index contributed by atoms with van der Waals surface area (Å²) in [4.78, 5) is 13.6. The van der Waals surface area contributed by atoms with Gasteiger partial charge in [0.15, 0.2) is 0 Å². The second-order valence-electron chi connectivity index (χ2n) is 5.18. The lowest BCUT2D eigenvalue weighted by atomic mass is 10.0. The highest BCUT2D eigenvalue weighted by molar-refractivity contribution is 5.71. The van der Waals surface area contributed by atoms with Crippen LogP contribution in [0.2, 0.25) is 0 Å². The van der Waals surface area contributed by atoms with Crippen LogP contribution in [0.1, 0.15) is 33.6 Å². The zero-order valence-corrected chi connectivity index (χ0v) is 11.4. The van der Waals surface area contributed by atoms with Crippen molar-refractivity contribution in [1.29, 1.82) is 0 Å². The standard InChI is InChI=1S/C13H26N2O2/c1-4-17-13(16)10-15-7-5-6-12(9-15)14-8-11(2)3/h11-12,14H,4-10H2,1-3H3. The summed E-state index contributed by atoms with van der Waals surface area (Å²) in [6.07, 6.45) is 2.38. The van der Waals surface area contributed by atoms with Crippen molar-refractivity contribution in [2.75, 3.05) is 32.8 Å². The summed E-state index contributed by atoms with van der Waals surface area (Å²) >= 11 is 0. The molecule has 1 atom stereocenters. The first-order valence-electron chi connectivity index (χ1n) is 6.73. The van der Waals surface area contributed by atoms with Crippen LogP contribution in [0, 0.1) is 5.92 Å². The van der Waals surface area contributed by atoms with E-state index in [4.69, 9.17) is 4.74 Å². The SMILES string of the molecule is CCOC(=O)CN1CCCC(NCC(C)C)C1. The lowest BCUT2D eigenvalue weighted by molar-refractivity contribution is -0.144. The quantitative estimate of drug-likeness (QED) is 0.712. The van der Waals surface area contributed by atoms with Gasteiger partial charge < -0.3 is 10.1 Å². The molecule has 0 spiro atoms. The van der Waals surface area contributed by atoms with Crippen molar-refractivity contribution in [2.24, 2.45) is 5.92 Å². The molecule has 1 rings (SSSR count). The molecule has 0 aromatic rings. The van der Waals surface area contributed by atoms with Crippen molar-refractivity contribution in [3.8, 4) is 0 Å². The zero-order valence-electron chi connectivity index (χ0n) is 11.4. The summed E-state index contributed by atoms with van der Waals surface area (Å²) in [5.41, 5.74) is 0. The maximum Gasteiger partial charge on any atom is 0.320 e. The summed E-state index contributed by atoms with van der Waals surface area (Å²) in [6, 6.07) is 0.528. The summed E-state index contributed by atoms with van der Waals surface area (Å²) in [7, 11) is 0. The van der Waals surface area contributed by atoms with Crippen molar-refractivity contribution in [3.63, 3.8) is 0 Å². The molecule has 1 unspecified atom stereocenters. The van der Waals surface area contributed by atoms with Crippen LogP contribution in [-0.2, 0) is 9.53 Å². The lowest BCUT2D eigenvalue weighted by Crippen LogP contribution is -2.48. The summed E-state index contributed by atoms with van der Waals surface area (Å²) < 4.78 is 4.98.